The van der Waals surface area contributed by atoms with Crippen molar-refractivity contribution >= 4 is 16.6 Å². The van der Waals surface area contributed by atoms with Gasteiger partial charge in [-0.1, -0.05) is 0 Å². The Balaban J connectivity index is 1.81. The van der Waals surface area contributed by atoms with Gasteiger partial charge in [0.15, 0.2) is 0 Å². The van der Waals surface area contributed by atoms with Crippen molar-refractivity contribution in [1.82, 2.24) is 14.9 Å². The molecular formula is C20H24FN5O2. The highest BCUT2D eigenvalue weighted by molar-refractivity contribution is 5.87. The van der Waals surface area contributed by atoms with Gasteiger partial charge in [0.05, 0.1) is 28.6 Å². The molecule has 2 atom stereocenters. The van der Waals surface area contributed by atoms with Crippen LogP contribution in [0.2, 0.25) is 0 Å². The Morgan fingerprint density at radius 3 is 2.79 bits per heavy atom. The molecule has 1 aromatic carbocycles. The van der Waals surface area contributed by atoms with E-state index in [9.17, 15) is 14.9 Å². The molecule has 0 bridgehead atoms. The number of anilines is 1. The number of nitriles is 1. The molecule has 1 aliphatic heterocycles. The average Bonchev–Trinajstić information content (AvgIpc) is 3.38. The number of nitrogens with one attached hydrogen (secondary N) is 2. The number of aromatic nitrogens is 2. The van der Waals surface area contributed by atoms with Crippen molar-refractivity contribution < 1.29 is 4.39 Å². The van der Waals surface area contributed by atoms with E-state index >= 15 is 4.39 Å². The second-order valence-electron chi connectivity index (χ2n) is 7.88. The van der Waals surface area contributed by atoms with Gasteiger partial charge in [0.2, 0.25) is 0 Å². The third-order valence-electron chi connectivity index (χ3n) is 6.00. The molecule has 2 fully saturated rings. The largest absolute Gasteiger partial charge is 0.369 e. The third kappa shape index (κ3) is 3.00. The Morgan fingerprint density at radius 2 is 2.14 bits per heavy atom. The molecule has 148 valence electrons. The summed E-state index contributed by atoms with van der Waals surface area (Å²) < 4.78 is 16.7. The van der Waals surface area contributed by atoms with Gasteiger partial charge >= 0.3 is 5.69 Å². The van der Waals surface area contributed by atoms with E-state index in [2.05, 4.69) is 16.4 Å². The van der Waals surface area contributed by atoms with Gasteiger partial charge < -0.3 is 10.2 Å². The molecule has 2 aliphatic rings. The van der Waals surface area contributed by atoms with Gasteiger partial charge in [0, 0.05) is 31.2 Å². The number of halogens is 1. The van der Waals surface area contributed by atoms with E-state index in [1.54, 1.807) is 11.5 Å². The summed E-state index contributed by atoms with van der Waals surface area (Å²) in [5.74, 6) is -0.442. The van der Waals surface area contributed by atoms with Crippen LogP contribution >= 0.6 is 0 Å². The van der Waals surface area contributed by atoms with Crippen LogP contribution in [0.4, 0.5) is 10.1 Å². The number of rotatable bonds is 5. The minimum atomic E-state index is -0.552. The van der Waals surface area contributed by atoms with Crippen molar-refractivity contribution in [2.45, 2.75) is 32.2 Å². The van der Waals surface area contributed by atoms with Crippen molar-refractivity contribution in [2.24, 2.45) is 11.8 Å². The number of benzene rings is 1. The van der Waals surface area contributed by atoms with Gasteiger partial charge in [0.25, 0.3) is 5.56 Å². The summed E-state index contributed by atoms with van der Waals surface area (Å²) in [6.07, 6.45) is 2.57. The Bertz CT molecular complexity index is 1080. The highest BCUT2D eigenvalue weighted by Crippen LogP contribution is 2.39. The van der Waals surface area contributed by atoms with Crippen LogP contribution in [-0.4, -0.2) is 36.2 Å². The predicted octanol–water partition coefficient (Wildman–Crippen LogP) is 1.66. The Kier molecular flexibility index (Phi) is 4.71. The zero-order valence-electron chi connectivity index (χ0n) is 16.1. The van der Waals surface area contributed by atoms with Crippen LogP contribution in [-0.2, 0) is 0 Å². The van der Waals surface area contributed by atoms with Gasteiger partial charge in [-0.3, -0.25) is 14.3 Å². The van der Waals surface area contributed by atoms with Crippen LogP contribution in [0.1, 0.15) is 30.9 Å². The number of aryl methyl sites for hydroxylation is 1. The number of H-pyrrole nitrogens is 1. The number of hydrogen-bond donors (Lipinski definition) is 2. The van der Waals surface area contributed by atoms with E-state index in [0.29, 0.717) is 36.4 Å². The van der Waals surface area contributed by atoms with Crippen molar-refractivity contribution in [1.29, 1.82) is 5.26 Å². The summed E-state index contributed by atoms with van der Waals surface area (Å²) >= 11 is 0. The molecule has 1 saturated carbocycles. The van der Waals surface area contributed by atoms with Gasteiger partial charge in [0.1, 0.15) is 5.82 Å². The van der Waals surface area contributed by atoms with Crippen molar-refractivity contribution in [3.8, 4) is 6.07 Å². The molecule has 1 aromatic heterocycles. The van der Waals surface area contributed by atoms with Crippen LogP contribution in [0.15, 0.2) is 15.7 Å². The summed E-state index contributed by atoms with van der Waals surface area (Å²) in [6, 6.07) is 3.66. The Hall–Kier alpha value is -2.66. The molecule has 8 heteroatoms. The van der Waals surface area contributed by atoms with Crippen molar-refractivity contribution in [3.05, 3.63) is 38.3 Å². The molecule has 0 spiro atoms. The quantitative estimate of drug-likeness (QED) is 0.816. The third-order valence-corrected chi connectivity index (χ3v) is 6.00. The van der Waals surface area contributed by atoms with Gasteiger partial charge in [-0.15, -0.1) is 0 Å². The molecular weight excluding hydrogens is 361 g/mol. The summed E-state index contributed by atoms with van der Waals surface area (Å²) in [7, 11) is 1.82. The lowest BCUT2D eigenvalue weighted by atomic mass is 9.93. The van der Waals surface area contributed by atoms with Crippen LogP contribution in [0.3, 0.4) is 0 Å². The highest BCUT2D eigenvalue weighted by atomic mass is 19.1. The number of hydrogen-bond acceptors (Lipinski definition) is 5. The predicted molar refractivity (Wildman–Crippen MR) is 105 cm³/mol. The maximum Gasteiger partial charge on any atom is 0.329 e. The minimum absolute atomic E-state index is 0.0637. The second kappa shape index (κ2) is 7.06. The molecule has 1 saturated heterocycles. The molecule has 7 nitrogen and oxygen atoms in total. The molecule has 1 aliphatic carbocycles. The van der Waals surface area contributed by atoms with Gasteiger partial charge in [-0.25, -0.2) is 9.18 Å². The van der Waals surface area contributed by atoms with Gasteiger partial charge in [-0.05, 0) is 45.2 Å². The maximum absolute atomic E-state index is 15.1. The fourth-order valence-corrected chi connectivity index (χ4v) is 4.49. The summed E-state index contributed by atoms with van der Waals surface area (Å²) in [6.45, 7) is 3.61. The van der Waals surface area contributed by atoms with E-state index in [1.807, 2.05) is 11.9 Å². The molecule has 2 aromatic rings. The van der Waals surface area contributed by atoms with E-state index in [1.165, 1.54) is 6.07 Å². The first kappa shape index (κ1) is 18.7. The first-order chi connectivity index (χ1) is 13.5. The molecule has 2 N–H and O–H groups in total. The molecule has 2 heterocycles. The van der Waals surface area contributed by atoms with Crippen molar-refractivity contribution in [2.75, 3.05) is 31.6 Å². The van der Waals surface area contributed by atoms with Crippen LogP contribution in [0.5, 0.6) is 0 Å². The average molecular weight is 385 g/mol. The van der Waals surface area contributed by atoms with E-state index in [-0.39, 0.29) is 23.3 Å². The fourth-order valence-electron chi connectivity index (χ4n) is 4.49. The molecule has 0 amide bonds. The Morgan fingerprint density at radius 1 is 1.39 bits per heavy atom. The molecule has 2 unspecified atom stereocenters. The first-order valence-electron chi connectivity index (χ1n) is 9.73. The van der Waals surface area contributed by atoms with Gasteiger partial charge in [-0.2, -0.15) is 5.26 Å². The summed E-state index contributed by atoms with van der Waals surface area (Å²) in [5.41, 5.74) is 0.605. The highest BCUT2D eigenvalue weighted by Gasteiger charge is 2.33. The second-order valence-corrected chi connectivity index (χ2v) is 7.88. The van der Waals surface area contributed by atoms with E-state index < -0.39 is 17.1 Å². The lowest BCUT2D eigenvalue weighted by Crippen LogP contribution is -2.32. The Labute approximate surface area is 161 Å². The van der Waals surface area contributed by atoms with Crippen LogP contribution < -0.4 is 21.5 Å². The zero-order valence-corrected chi connectivity index (χ0v) is 16.1. The topological polar surface area (TPSA) is 93.9 Å². The summed E-state index contributed by atoms with van der Waals surface area (Å²) in [5, 5.41) is 12.7. The zero-order chi connectivity index (χ0) is 20.0. The maximum atomic E-state index is 15.1. The smallest absolute Gasteiger partial charge is 0.329 e. The monoisotopic (exact) mass is 385 g/mol. The van der Waals surface area contributed by atoms with Crippen LogP contribution in [0.25, 0.3) is 10.9 Å². The first-order valence-corrected chi connectivity index (χ1v) is 9.73. The standard InChI is InChI=1S/C20H24FN5O2/c1-11-17-15(19(27)24-20(28)26(17)14-3-4-14)7-16(21)18(11)25-6-5-12(10-25)13(8-22)9-23-2/h7,12-14,23H,3-6,9-10H2,1-2H3,(H,24,27,28). The minimum Gasteiger partial charge on any atom is -0.369 e. The lowest BCUT2D eigenvalue weighted by molar-refractivity contribution is 0.426. The number of fused-ring (bicyclic) bond motifs is 1. The van der Waals surface area contributed by atoms with E-state index in [4.69, 9.17) is 0 Å². The van der Waals surface area contributed by atoms with E-state index in [0.717, 1.165) is 19.3 Å². The normalized spacial score (nSPS) is 20.5. The fraction of sp³-hybridized carbons (Fsp3) is 0.550. The molecule has 0 radical (unpaired) electrons. The SMILES string of the molecule is CNCC(C#N)C1CCN(c2c(F)cc3c(=O)[nH]c(=O)n(C4CC4)c3c2C)C1. The number of nitrogens with zero attached hydrogens (tertiary/aromatic N) is 3. The summed E-state index contributed by atoms with van der Waals surface area (Å²) in [4.78, 5) is 29.0. The van der Waals surface area contributed by atoms with Crippen molar-refractivity contribution in [3.63, 3.8) is 0 Å². The molecule has 28 heavy (non-hydrogen) atoms. The van der Waals surface area contributed by atoms with Crippen LogP contribution in [0, 0.1) is 35.9 Å². The molecule has 4 rings (SSSR count). The lowest BCUT2D eigenvalue weighted by Gasteiger charge is -2.24. The number of aromatic amines is 1.